The summed E-state index contributed by atoms with van der Waals surface area (Å²) in [5.74, 6) is 3.20. The summed E-state index contributed by atoms with van der Waals surface area (Å²) >= 11 is 0. The van der Waals surface area contributed by atoms with Crippen LogP contribution in [0.2, 0.25) is 0 Å². The summed E-state index contributed by atoms with van der Waals surface area (Å²) in [6.07, 6.45) is 10.2. The standard InChI is InChI=1S/C15H25N3O/c1-3-8-17-15(19)12(2)18-10-5-6-13(11-18)14-7-4-9-16-14/h1,12-14,16H,4-11H2,2H3,(H,17,19). The van der Waals surface area contributed by atoms with Gasteiger partial charge in [0.05, 0.1) is 12.6 Å². The molecule has 19 heavy (non-hydrogen) atoms. The molecule has 0 aromatic carbocycles. The van der Waals surface area contributed by atoms with Crippen LogP contribution in [0.4, 0.5) is 0 Å². The fourth-order valence-electron chi connectivity index (χ4n) is 3.29. The summed E-state index contributed by atoms with van der Waals surface area (Å²) in [4.78, 5) is 14.3. The molecule has 0 bridgehead atoms. The van der Waals surface area contributed by atoms with Gasteiger partial charge in [-0.15, -0.1) is 6.42 Å². The number of piperidine rings is 1. The number of carbonyl (C=O) groups excluding carboxylic acids is 1. The van der Waals surface area contributed by atoms with Gasteiger partial charge in [0.1, 0.15) is 0 Å². The molecule has 0 radical (unpaired) electrons. The molecule has 3 atom stereocenters. The van der Waals surface area contributed by atoms with E-state index in [2.05, 4.69) is 21.5 Å². The predicted molar refractivity (Wildman–Crippen MR) is 76.6 cm³/mol. The fourth-order valence-corrected chi connectivity index (χ4v) is 3.29. The van der Waals surface area contributed by atoms with Crippen molar-refractivity contribution >= 4 is 5.91 Å². The average molecular weight is 263 g/mol. The van der Waals surface area contributed by atoms with Crippen LogP contribution in [0.5, 0.6) is 0 Å². The summed E-state index contributed by atoms with van der Waals surface area (Å²) in [5.41, 5.74) is 0. The highest BCUT2D eigenvalue weighted by molar-refractivity contribution is 5.81. The van der Waals surface area contributed by atoms with E-state index in [1.54, 1.807) is 0 Å². The lowest BCUT2D eigenvalue weighted by Crippen LogP contribution is -2.51. The molecule has 0 spiro atoms. The maximum atomic E-state index is 12.0. The number of likely N-dealkylation sites (tertiary alicyclic amines) is 1. The largest absolute Gasteiger partial charge is 0.344 e. The Kier molecular flexibility index (Phi) is 5.24. The van der Waals surface area contributed by atoms with E-state index in [4.69, 9.17) is 6.42 Å². The molecule has 2 saturated heterocycles. The van der Waals surface area contributed by atoms with Crippen LogP contribution in [-0.4, -0.2) is 49.1 Å². The Bertz CT molecular complexity index is 344. The molecule has 0 aliphatic carbocycles. The van der Waals surface area contributed by atoms with Crippen LogP contribution in [0.1, 0.15) is 32.6 Å². The Morgan fingerprint density at radius 1 is 1.53 bits per heavy atom. The maximum Gasteiger partial charge on any atom is 0.237 e. The van der Waals surface area contributed by atoms with Gasteiger partial charge in [-0.05, 0) is 51.6 Å². The van der Waals surface area contributed by atoms with Crippen molar-refractivity contribution in [2.75, 3.05) is 26.2 Å². The average Bonchev–Trinajstić information content (AvgIpc) is 2.98. The third-order valence-electron chi connectivity index (χ3n) is 4.45. The summed E-state index contributed by atoms with van der Waals surface area (Å²) in [6, 6.07) is 0.585. The molecule has 2 aliphatic heterocycles. The Labute approximate surface area is 116 Å². The molecule has 0 aromatic rings. The van der Waals surface area contributed by atoms with Gasteiger partial charge in [-0.2, -0.15) is 0 Å². The molecule has 2 aliphatic rings. The minimum absolute atomic E-state index is 0.0537. The van der Waals surface area contributed by atoms with E-state index >= 15 is 0 Å². The Morgan fingerprint density at radius 3 is 3.05 bits per heavy atom. The zero-order chi connectivity index (χ0) is 13.7. The van der Waals surface area contributed by atoms with Gasteiger partial charge < -0.3 is 10.6 Å². The molecule has 1 amide bonds. The number of rotatable bonds is 4. The highest BCUT2D eigenvalue weighted by Crippen LogP contribution is 2.25. The molecule has 4 nitrogen and oxygen atoms in total. The summed E-state index contributed by atoms with van der Waals surface area (Å²) in [5, 5.41) is 6.38. The van der Waals surface area contributed by atoms with E-state index in [1.807, 2.05) is 6.92 Å². The zero-order valence-electron chi connectivity index (χ0n) is 11.8. The molecule has 4 heteroatoms. The van der Waals surface area contributed by atoms with E-state index in [9.17, 15) is 4.79 Å². The van der Waals surface area contributed by atoms with Crippen LogP contribution >= 0.6 is 0 Å². The van der Waals surface area contributed by atoms with E-state index in [0.29, 0.717) is 18.5 Å². The second-order valence-corrected chi connectivity index (χ2v) is 5.70. The van der Waals surface area contributed by atoms with Crippen molar-refractivity contribution in [2.45, 2.75) is 44.7 Å². The fraction of sp³-hybridized carbons (Fsp3) is 0.800. The van der Waals surface area contributed by atoms with E-state index in [-0.39, 0.29) is 11.9 Å². The van der Waals surface area contributed by atoms with E-state index in [1.165, 1.54) is 25.7 Å². The van der Waals surface area contributed by atoms with Gasteiger partial charge >= 0.3 is 0 Å². The first-order chi connectivity index (χ1) is 9.22. The van der Waals surface area contributed by atoms with Crippen molar-refractivity contribution in [3.63, 3.8) is 0 Å². The van der Waals surface area contributed by atoms with Crippen molar-refractivity contribution in [3.05, 3.63) is 0 Å². The first-order valence-corrected chi connectivity index (χ1v) is 7.41. The molecule has 106 valence electrons. The van der Waals surface area contributed by atoms with Gasteiger partial charge in [0.15, 0.2) is 0 Å². The van der Waals surface area contributed by atoms with Gasteiger partial charge in [-0.3, -0.25) is 9.69 Å². The third-order valence-corrected chi connectivity index (χ3v) is 4.45. The summed E-state index contributed by atoms with van der Waals surface area (Å²) in [7, 11) is 0. The second-order valence-electron chi connectivity index (χ2n) is 5.70. The van der Waals surface area contributed by atoms with Crippen molar-refractivity contribution in [1.82, 2.24) is 15.5 Å². The van der Waals surface area contributed by atoms with Crippen LogP contribution in [0.3, 0.4) is 0 Å². The van der Waals surface area contributed by atoms with Crippen molar-refractivity contribution in [2.24, 2.45) is 5.92 Å². The number of amides is 1. The number of hydrogen-bond donors (Lipinski definition) is 2. The third kappa shape index (κ3) is 3.71. The Hall–Kier alpha value is -1.05. The lowest BCUT2D eigenvalue weighted by molar-refractivity contribution is -0.126. The lowest BCUT2D eigenvalue weighted by Gasteiger charge is -2.38. The quantitative estimate of drug-likeness (QED) is 0.730. The summed E-state index contributed by atoms with van der Waals surface area (Å²) < 4.78 is 0. The SMILES string of the molecule is C#CCNC(=O)C(C)N1CCCC(C2CCCN2)C1. The first-order valence-electron chi connectivity index (χ1n) is 7.41. The van der Waals surface area contributed by atoms with Gasteiger partial charge in [-0.25, -0.2) is 0 Å². The monoisotopic (exact) mass is 263 g/mol. The Balaban J connectivity index is 1.85. The predicted octanol–water partition coefficient (Wildman–Crippen LogP) is 0.588. The molecule has 2 rings (SSSR count). The topological polar surface area (TPSA) is 44.4 Å². The molecule has 2 N–H and O–H groups in total. The molecule has 0 aromatic heterocycles. The number of hydrogen-bond acceptors (Lipinski definition) is 3. The number of nitrogens with one attached hydrogen (secondary N) is 2. The summed E-state index contributed by atoms with van der Waals surface area (Å²) in [6.45, 7) is 5.51. The van der Waals surface area contributed by atoms with Crippen LogP contribution in [0.25, 0.3) is 0 Å². The number of terminal acetylenes is 1. The first kappa shape index (κ1) is 14.4. The minimum atomic E-state index is -0.0717. The van der Waals surface area contributed by atoms with E-state index in [0.717, 1.165) is 19.6 Å². The molecule has 0 saturated carbocycles. The number of carbonyl (C=O) groups is 1. The van der Waals surface area contributed by atoms with Gasteiger partial charge in [0.25, 0.3) is 0 Å². The normalized spacial score (nSPS) is 29.7. The lowest BCUT2D eigenvalue weighted by atomic mass is 9.89. The van der Waals surface area contributed by atoms with Crippen LogP contribution in [0, 0.1) is 18.3 Å². The molecular formula is C15H25N3O. The molecule has 3 unspecified atom stereocenters. The minimum Gasteiger partial charge on any atom is -0.344 e. The van der Waals surface area contributed by atoms with Crippen molar-refractivity contribution < 1.29 is 4.79 Å². The zero-order valence-corrected chi connectivity index (χ0v) is 11.8. The van der Waals surface area contributed by atoms with Crippen LogP contribution in [0.15, 0.2) is 0 Å². The second kappa shape index (κ2) is 6.93. The Morgan fingerprint density at radius 2 is 2.37 bits per heavy atom. The maximum absolute atomic E-state index is 12.0. The molecule has 2 heterocycles. The smallest absolute Gasteiger partial charge is 0.237 e. The van der Waals surface area contributed by atoms with Gasteiger partial charge in [0.2, 0.25) is 5.91 Å². The highest BCUT2D eigenvalue weighted by atomic mass is 16.2. The number of nitrogens with zero attached hydrogens (tertiary/aromatic N) is 1. The van der Waals surface area contributed by atoms with Crippen molar-refractivity contribution in [3.8, 4) is 12.3 Å². The van der Waals surface area contributed by atoms with E-state index < -0.39 is 0 Å². The van der Waals surface area contributed by atoms with Crippen LogP contribution in [-0.2, 0) is 4.79 Å². The highest BCUT2D eigenvalue weighted by Gasteiger charge is 2.32. The molecule has 2 fully saturated rings. The van der Waals surface area contributed by atoms with Gasteiger partial charge in [0, 0.05) is 12.6 Å². The van der Waals surface area contributed by atoms with Crippen molar-refractivity contribution in [1.29, 1.82) is 0 Å². The van der Waals surface area contributed by atoms with Crippen LogP contribution < -0.4 is 10.6 Å². The molecular weight excluding hydrogens is 238 g/mol. The van der Waals surface area contributed by atoms with Gasteiger partial charge in [-0.1, -0.05) is 5.92 Å².